The average Bonchev–Trinajstić information content (AvgIpc) is 2.25. The second-order valence-electron chi connectivity index (χ2n) is 3.47. The van der Waals surface area contributed by atoms with Crippen LogP contribution in [0.4, 0.5) is 0 Å². The van der Waals surface area contributed by atoms with Crippen LogP contribution in [0.5, 0.6) is 0 Å². The van der Waals surface area contributed by atoms with Gasteiger partial charge in [0.25, 0.3) is 0 Å². The molecular formula is C11H14N2O2S. The van der Waals surface area contributed by atoms with Gasteiger partial charge in [-0.15, -0.1) is 12.3 Å². The molecule has 0 saturated carbocycles. The lowest BCUT2D eigenvalue weighted by atomic mass is 10.1. The summed E-state index contributed by atoms with van der Waals surface area (Å²) in [6.07, 6.45) is 6.77. The van der Waals surface area contributed by atoms with Gasteiger partial charge in [-0.2, -0.15) is 0 Å². The SMILES string of the molecule is C#CCC(NN)c1cccc(S(C)(=O)=O)c1. The molecule has 0 amide bonds. The van der Waals surface area contributed by atoms with Gasteiger partial charge in [0.2, 0.25) is 0 Å². The molecule has 16 heavy (non-hydrogen) atoms. The van der Waals surface area contributed by atoms with Crippen molar-refractivity contribution >= 4 is 9.84 Å². The summed E-state index contributed by atoms with van der Waals surface area (Å²) in [5, 5.41) is 0. The first kappa shape index (κ1) is 12.7. The van der Waals surface area contributed by atoms with E-state index in [-0.39, 0.29) is 10.9 Å². The van der Waals surface area contributed by atoms with Crippen molar-refractivity contribution in [3.63, 3.8) is 0 Å². The van der Waals surface area contributed by atoms with Crippen LogP contribution in [0, 0.1) is 12.3 Å². The first-order valence-corrected chi connectivity index (χ1v) is 6.57. The van der Waals surface area contributed by atoms with E-state index in [4.69, 9.17) is 12.3 Å². The number of hydrazine groups is 1. The maximum atomic E-state index is 11.4. The van der Waals surface area contributed by atoms with Gasteiger partial charge in [-0.25, -0.2) is 8.42 Å². The summed E-state index contributed by atoms with van der Waals surface area (Å²) in [7, 11) is -3.20. The summed E-state index contributed by atoms with van der Waals surface area (Å²) in [5.74, 6) is 7.84. The Morgan fingerprint density at radius 1 is 1.56 bits per heavy atom. The smallest absolute Gasteiger partial charge is 0.175 e. The minimum Gasteiger partial charge on any atom is -0.271 e. The third kappa shape index (κ3) is 3.07. The number of benzene rings is 1. The average molecular weight is 238 g/mol. The molecule has 4 nitrogen and oxygen atoms in total. The second kappa shape index (κ2) is 5.12. The van der Waals surface area contributed by atoms with E-state index >= 15 is 0 Å². The van der Waals surface area contributed by atoms with E-state index < -0.39 is 9.84 Å². The Kier molecular flexibility index (Phi) is 4.07. The third-order valence-corrected chi connectivity index (χ3v) is 3.32. The Balaban J connectivity index is 3.12. The summed E-state index contributed by atoms with van der Waals surface area (Å²) in [6, 6.07) is 6.36. The summed E-state index contributed by atoms with van der Waals surface area (Å²) < 4.78 is 22.7. The molecule has 1 rings (SSSR count). The van der Waals surface area contributed by atoms with Crippen LogP contribution < -0.4 is 11.3 Å². The molecule has 0 spiro atoms. The molecule has 0 heterocycles. The number of nitrogens with one attached hydrogen (secondary N) is 1. The number of hydrogen-bond acceptors (Lipinski definition) is 4. The zero-order valence-electron chi connectivity index (χ0n) is 8.97. The minimum atomic E-state index is -3.20. The summed E-state index contributed by atoms with van der Waals surface area (Å²) >= 11 is 0. The quantitative estimate of drug-likeness (QED) is 0.458. The zero-order valence-corrected chi connectivity index (χ0v) is 9.79. The second-order valence-corrected chi connectivity index (χ2v) is 5.49. The van der Waals surface area contributed by atoms with Crippen molar-refractivity contribution in [1.29, 1.82) is 0 Å². The van der Waals surface area contributed by atoms with Gasteiger partial charge in [0.05, 0.1) is 10.9 Å². The number of nitrogens with two attached hydrogens (primary N) is 1. The van der Waals surface area contributed by atoms with Crippen LogP contribution in [0.15, 0.2) is 29.2 Å². The summed E-state index contributed by atoms with van der Waals surface area (Å²) in [6.45, 7) is 0. The highest BCUT2D eigenvalue weighted by Crippen LogP contribution is 2.19. The summed E-state index contributed by atoms with van der Waals surface area (Å²) in [4.78, 5) is 0.266. The maximum absolute atomic E-state index is 11.4. The van der Waals surface area contributed by atoms with E-state index in [1.807, 2.05) is 0 Å². The first-order valence-electron chi connectivity index (χ1n) is 4.68. The highest BCUT2D eigenvalue weighted by atomic mass is 32.2. The monoisotopic (exact) mass is 238 g/mol. The minimum absolute atomic E-state index is 0.230. The molecule has 0 aliphatic heterocycles. The molecule has 0 bridgehead atoms. The van der Waals surface area contributed by atoms with Crippen molar-refractivity contribution in [2.24, 2.45) is 5.84 Å². The van der Waals surface area contributed by atoms with Crippen molar-refractivity contribution in [2.45, 2.75) is 17.4 Å². The number of hydrogen-bond donors (Lipinski definition) is 2. The van der Waals surface area contributed by atoms with Gasteiger partial charge in [-0.05, 0) is 17.7 Å². The molecule has 5 heteroatoms. The van der Waals surface area contributed by atoms with E-state index in [0.29, 0.717) is 6.42 Å². The number of terminal acetylenes is 1. The predicted octanol–water partition coefficient (Wildman–Crippen LogP) is 0.618. The van der Waals surface area contributed by atoms with Gasteiger partial charge in [0.15, 0.2) is 9.84 Å². The lowest BCUT2D eigenvalue weighted by molar-refractivity contribution is 0.566. The van der Waals surface area contributed by atoms with Gasteiger partial charge >= 0.3 is 0 Å². The van der Waals surface area contributed by atoms with E-state index in [1.54, 1.807) is 24.3 Å². The highest BCUT2D eigenvalue weighted by Gasteiger charge is 2.12. The van der Waals surface area contributed by atoms with Crippen LogP contribution in [-0.4, -0.2) is 14.7 Å². The van der Waals surface area contributed by atoms with Gasteiger partial charge in [0.1, 0.15) is 0 Å². The predicted molar refractivity (Wildman–Crippen MR) is 63.1 cm³/mol. The Bertz CT molecular complexity index is 503. The van der Waals surface area contributed by atoms with Crippen molar-refractivity contribution in [3.05, 3.63) is 29.8 Å². The fraction of sp³-hybridized carbons (Fsp3) is 0.273. The molecule has 1 atom stereocenters. The Morgan fingerprint density at radius 2 is 2.25 bits per heavy atom. The molecular weight excluding hydrogens is 224 g/mol. The normalized spacial score (nSPS) is 13.1. The molecule has 0 radical (unpaired) electrons. The van der Waals surface area contributed by atoms with Crippen molar-refractivity contribution in [1.82, 2.24) is 5.43 Å². The Morgan fingerprint density at radius 3 is 2.75 bits per heavy atom. The fourth-order valence-corrected chi connectivity index (χ4v) is 2.03. The molecule has 1 aromatic rings. The van der Waals surface area contributed by atoms with E-state index in [9.17, 15) is 8.42 Å². The number of sulfone groups is 1. The van der Waals surface area contributed by atoms with Gasteiger partial charge in [-0.3, -0.25) is 11.3 Å². The van der Waals surface area contributed by atoms with Crippen molar-refractivity contribution < 1.29 is 8.42 Å². The van der Waals surface area contributed by atoms with Gasteiger partial charge in [-0.1, -0.05) is 12.1 Å². The van der Waals surface area contributed by atoms with E-state index in [0.717, 1.165) is 11.8 Å². The van der Waals surface area contributed by atoms with Crippen LogP contribution in [-0.2, 0) is 9.84 Å². The first-order chi connectivity index (χ1) is 7.49. The van der Waals surface area contributed by atoms with E-state index in [2.05, 4.69) is 11.3 Å². The van der Waals surface area contributed by atoms with Crippen LogP contribution in [0.2, 0.25) is 0 Å². The lowest BCUT2D eigenvalue weighted by Crippen LogP contribution is -2.27. The highest BCUT2D eigenvalue weighted by molar-refractivity contribution is 7.90. The molecule has 0 saturated heterocycles. The van der Waals surface area contributed by atoms with E-state index in [1.165, 1.54) is 0 Å². The Hall–Kier alpha value is -1.35. The molecule has 1 unspecified atom stereocenters. The standard InChI is InChI=1S/C11H14N2O2S/c1-3-5-11(13-12)9-6-4-7-10(8-9)16(2,14)15/h1,4,6-8,11,13H,5,12H2,2H3. The zero-order chi connectivity index (χ0) is 12.2. The molecule has 0 aromatic heterocycles. The molecule has 0 fully saturated rings. The van der Waals surface area contributed by atoms with Crippen LogP contribution in [0.3, 0.4) is 0 Å². The molecule has 86 valence electrons. The van der Waals surface area contributed by atoms with Crippen molar-refractivity contribution in [3.8, 4) is 12.3 Å². The lowest BCUT2D eigenvalue weighted by Gasteiger charge is -2.13. The fourth-order valence-electron chi connectivity index (χ4n) is 1.35. The molecule has 3 N–H and O–H groups in total. The largest absolute Gasteiger partial charge is 0.271 e. The summed E-state index contributed by atoms with van der Waals surface area (Å²) in [5.41, 5.74) is 3.33. The topological polar surface area (TPSA) is 72.2 Å². The van der Waals surface area contributed by atoms with Crippen LogP contribution in [0.25, 0.3) is 0 Å². The maximum Gasteiger partial charge on any atom is 0.175 e. The molecule has 0 aliphatic rings. The Labute approximate surface area is 95.7 Å². The van der Waals surface area contributed by atoms with Gasteiger partial charge < -0.3 is 0 Å². The van der Waals surface area contributed by atoms with Crippen LogP contribution >= 0.6 is 0 Å². The van der Waals surface area contributed by atoms with Crippen LogP contribution in [0.1, 0.15) is 18.0 Å². The van der Waals surface area contributed by atoms with Crippen molar-refractivity contribution in [2.75, 3.05) is 6.26 Å². The molecule has 1 aromatic carbocycles. The molecule has 0 aliphatic carbocycles. The van der Waals surface area contributed by atoms with Gasteiger partial charge in [0, 0.05) is 12.7 Å². The number of rotatable bonds is 4. The third-order valence-electron chi connectivity index (χ3n) is 2.21.